The van der Waals surface area contributed by atoms with Crippen LogP contribution in [0.5, 0.6) is 5.75 Å². The van der Waals surface area contributed by atoms with Crippen LogP contribution in [0.1, 0.15) is 47.5 Å². The lowest BCUT2D eigenvalue weighted by atomic mass is 9.93. The minimum atomic E-state index is 0. The summed E-state index contributed by atoms with van der Waals surface area (Å²) in [5.74, 6) is 0.965. The van der Waals surface area contributed by atoms with E-state index in [2.05, 4.69) is 53.6 Å². The monoisotopic (exact) mass is 315 g/mol. The van der Waals surface area contributed by atoms with E-state index in [4.69, 9.17) is 4.74 Å². The Balaban J connectivity index is 0. The maximum atomic E-state index is 5.58. The van der Waals surface area contributed by atoms with E-state index in [0.29, 0.717) is 5.41 Å². The van der Waals surface area contributed by atoms with Crippen LogP contribution >= 0.6 is 12.4 Å². The van der Waals surface area contributed by atoms with E-state index in [1.807, 2.05) is 30.3 Å². The molecule has 0 fully saturated rings. The molecule has 0 spiro atoms. The van der Waals surface area contributed by atoms with Crippen molar-refractivity contribution in [2.24, 2.45) is 5.41 Å². The van der Waals surface area contributed by atoms with Gasteiger partial charge < -0.3 is 9.64 Å². The first-order valence-corrected chi connectivity index (χ1v) is 7.60. The van der Waals surface area contributed by atoms with E-state index in [9.17, 15) is 0 Å². The maximum absolute atomic E-state index is 5.58. The van der Waals surface area contributed by atoms with Crippen molar-refractivity contribution in [2.45, 2.75) is 53.5 Å². The molecule has 0 aliphatic rings. The smallest absolute Gasteiger partial charge is 0.119 e. The molecule has 0 amide bonds. The molecular formula is C18H34ClNO. The lowest BCUT2D eigenvalue weighted by Crippen LogP contribution is -2.23. The predicted octanol–water partition coefficient (Wildman–Crippen LogP) is 5.27. The molecule has 1 atom stereocenters. The van der Waals surface area contributed by atoms with Gasteiger partial charge in [0, 0.05) is 6.04 Å². The molecule has 0 saturated carbocycles. The minimum absolute atomic E-state index is 0. The van der Waals surface area contributed by atoms with Crippen LogP contribution in [0.25, 0.3) is 0 Å². The van der Waals surface area contributed by atoms with Gasteiger partial charge in [0.25, 0.3) is 0 Å². The molecule has 124 valence electrons. The van der Waals surface area contributed by atoms with Crippen LogP contribution in [0.3, 0.4) is 0 Å². The molecule has 1 rings (SSSR count). The van der Waals surface area contributed by atoms with E-state index in [0.717, 1.165) is 24.8 Å². The Hall–Kier alpha value is -0.730. The second-order valence-electron chi connectivity index (χ2n) is 6.69. The molecule has 1 aromatic rings. The summed E-state index contributed by atoms with van der Waals surface area (Å²) in [5, 5.41) is 0. The van der Waals surface area contributed by atoms with Gasteiger partial charge in [-0.25, -0.2) is 0 Å². The summed E-state index contributed by atoms with van der Waals surface area (Å²) in [5.41, 5.74) is 0.356. The number of hydrogen-bond donors (Lipinski definition) is 0. The van der Waals surface area contributed by atoms with E-state index in [-0.39, 0.29) is 12.4 Å². The number of ether oxygens (including phenoxy) is 1. The third-order valence-corrected chi connectivity index (χ3v) is 3.34. The predicted molar refractivity (Wildman–Crippen MR) is 96.7 cm³/mol. The molecule has 0 aromatic heterocycles. The SMILES string of the molecule is CC(C)(C)CCOc1ccccc1.CCC(C)N(C)C.Cl. The minimum Gasteiger partial charge on any atom is -0.494 e. The Morgan fingerprint density at radius 3 is 1.95 bits per heavy atom. The standard InChI is InChI=1S/C12H18O.C6H15N.ClH/c1-12(2,3)9-10-13-11-7-5-4-6-8-11;1-5-6(2)7(3)4;/h4-8H,9-10H2,1-3H3;6H,5H2,1-4H3;1H. The molecule has 3 heteroatoms. The van der Waals surface area contributed by atoms with Crippen LogP contribution in [0.2, 0.25) is 0 Å². The Morgan fingerprint density at radius 2 is 1.62 bits per heavy atom. The highest BCUT2D eigenvalue weighted by atomic mass is 35.5. The molecule has 1 unspecified atom stereocenters. The van der Waals surface area contributed by atoms with Gasteiger partial charge in [0.15, 0.2) is 0 Å². The zero-order valence-electron chi connectivity index (χ0n) is 14.8. The fourth-order valence-electron chi connectivity index (χ4n) is 1.36. The van der Waals surface area contributed by atoms with Crippen molar-refractivity contribution in [3.8, 4) is 5.75 Å². The first kappa shape index (κ1) is 22.5. The van der Waals surface area contributed by atoms with Crippen molar-refractivity contribution in [3.05, 3.63) is 30.3 Å². The lowest BCUT2D eigenvalue weighted by Gasteiger charge is -2.17. The summed E-state index contributed by atoms with van der Waals surface area (Å²) in [7, 11) is 4.21. The molecule has 0 aliphatic carbocycles. The topological polar surface area (TPSA) is 12.5 Å². The maximum Gasteiger partial charge on any atom is 0.119 e. The number of benzene rings is 1. The van der Waals surface area contributed by atoms with Gasteiger partial charge in [-0.1, -0.05) is 45.9 Å². The molecule has 21 heavy (non-hydrogen) atoms. The highest BCUT2D eigenvalue weighted by Gasteiger charge is 2.09. The van der Waals surface area contributed by atoms with Crippen molar-refractivity contribution < 1.29 is 4.74 Å². The molecule has 0 saturated heterocycles. The average molecular weight is 316 g/mol. The van der Waals surface area contributed by atoms with Crippen molar-refractivity contribution >= 4 is 12.4 Å². The molecule has 1 aromatic carbocycles. The molecule has 2 nitrogen and oxygen atoms in total. The summed E-state index contributed by atoms with van der Waals surface area (Å²) in [6.45, 7) is 11.9. The van der Waals surface area contributed by atoms with Crippen LogP contribution in [0.15, 0.2) is 30.3 Å². The van der Waals surface area contributed by atoms with Gasteiger partial charge >= 0.3 is 0 Å². The summed E-state index contributed by atoms with van der Waals surface area (Å²) in [6, 6.07) is 10.7. The third kappa shape index (κ3) is 14.0. The number of nitrogens with zero attached hydrogens (tertiary/aromatic N) is 1. The zero-order valence-corrected chi connectivity index (χ0v) is 15.7. The summed E-state index contributed by atoms with van der Waals surface area (Å²) < 4.78 is 5.58. The van der Waals surface area contributed by atoms with Gasteiger partial charge in [-0.15, -0.1) is 12.4 Å². The fraction of sp³-hybridized carbons (Fsp3) is 0.667. The fourth-order valence-corrected chi connectivity index (χ4v) is 1.36. The Morgan fingerprint density at radius 1 is 1.10 bits per heavy atom. The number of hydrogen-bond acceptors (Lipinski definition) is 2. The van der Waals surface area contributed by atoms with E-state index < -0.39 is 0 Å². The second-order valence-corrected chi connectivity index (χ2v) is 6.69. The lowest BCUT2D eigenvalue weighted by molar-refractivity contribution is 0.243. The largest absolute Gasteiger partial charge is 0.494 e. The molecule has 0 heterocycles. The number of halogens is 1. The van der Waals surface area contributed by atoms with E-state index in [1.165, 1.54) is 6.42 Å². The van der Waals surface area contributed by atoms with Crippen LogP contribution in [0, 0.1) is 5.41 Å². The number of rotatable bonds is 5. The molecule has 0 aliphatic heterocycles. The normalized spacial score (nSPS) is 12.0. The van der Waals surface area contributed by atoms with E-state index in [1.54, 1.807) is 0 Å². The first-order valence-electron chi connectivity index (χ1n) is 7.60. The zero-order chi connectivity index (χ0) is 15.6. The van der Waals surface area contributed by atoms with E-state index >= 15 is 0 Å². The Kier molecular flexibility index (Phi) is 12.8. The average Bonchev–Trinajstić information content (AvgIpc) is 2.38. The van der Waals surface area contributed by atoms with Crippen LogP contribution < -0.4 is 4.74 Å². The second kappa shape index (κ2) is 11.9. The van der Waals surface area contributed by atoms with Crippen LogP contribution in [0.4, 0.5) is 0 Å². The highest BCUT2D eigenvalue weighted by Crippen LogP contribution is 2.19. The van der Waals surface area contributed by atoms with Crippen LogP contribution in [-0.2, 0) is 0 Å². The highest BCUT2D eigenvalue weighted by molar-refractivity contribution is 5.85. The summed E-state index contributed by atoms with van der Waals surface area (Å²) in [4.78, 5) is 2.22. The van der Waals surface area contributed by atoms with Gasteiger partial charge in [-0.2, -0.15) is 0 Å². The molecule has 0 N–H and O–H groups in total. The summed E-state index contributed by atoms with van der Waals surface area (Å²) >= 11 is 0. The van der Waals surface area contributed by atoms with Crippen molar-refractivity contribution in [3.63, 3.8) is 0 Å². The molecule has 0 bridgehead atoms. The van der Waals surface area contributed by atoms with Gasteiger partial charge in [0.1, 0.15) is 5.75 Å². The van der Waals surface area contributed by atoms with Crippen molar-refractivity contribution in [1.82, 2.24) is 4.90 Å². The van der Waals surface area contributed by atoms with Crippen molar-refractivity contribution in [2.75, 3.05) is 20.7 Å². The number of para-hydroxylation sites is 1. The third-order valence-electron chi connectivity index (χ3n) is 3.34. The quantitative estimate of drug-likeness (QED) is 0.734. The summed E-state index contributed by atoms with van der Waals surface area (Å²) in [6.07, 6.45) is 2.33. The van der Waals surface area contributed by atoms with Crippen LogP contribution in [-0.4, -0.2) is 31.6 Å². The first-order chi connectivity index (χ1) is 9.26. The van der Waals surface area contributed by atoms with Gasteiger partial charge in [0.05, 0.1) is 6.61 Å². The van der Waals surface area contributed by atoms with Gasteiger partial charge in [-0.3, -0.25) is 0 Å². The Bertz CT molecular complexity index is 333. The molecular weight excluding hydrogens is 282 g/mol. The van der Waals surface area contributed by atoms with Crippen molar-refractivity contribution in [1.29, 1.82) is 0 Å². The Labute approximate surface area is 138 Å². The van der Waals surface area contributed by atoms with Gasteiger partial charge in [0.2, 0.25) is 0 Å². The molecule has 0 radical (unpaired) electrons. The van der Waals surface area contributed by atoms with Gasteiger partial charge in [-0.05, 0) is 51.4 Å².